The van der Waals surface area contributed by atoms with Crippen LogP contribution in [0.25, 0.3) is 0 Å². The number of carbonyl (C=O) groups is 4. The summed E-state index contributed by atoms with van der Waals surface area (Å²) in [6, 6.07) is 3.69. The van der Waals surface area contributed by atoms with Gasteiger partial charge in [-0.05, 0) is 56.7 Å². The highest BCUT2D eigenvalue weighted by molar-refractivity contribution is 5.79. The van der Waals surface area contributed by atoms with E-state index in [2.05, 4.69) is 0 Å². The van der Waals surface area contributed by atoms with Crippen LogP contribution in [-0.4, -0.2) is 42.1 Å². The van der Waals surface area contributed by atoms with Crippen LogP contribution in [0, 0.1) is 17.8 Å². The molecule has 0 aliphatic carbocycles. The molecule has 0 saturated heterocycles. The van der Waals surface area contributed by atoms with Gasteiger partial charge in [-0.25, -0.2) is 0 Å². The summed E-state index contributed by atoms with van der Waals surface area (Å²) in [5.74, 6) is -2.16. The molecule has 0 aromatic heterocycles. The fourth-order valence-electron chi connectivity index (χ4n) is 3.08. The largest absolute Gasteiger partial charge is 0.459 e. The van der Waals surface area contributed by atoms with Gasteiger partial charge in [0.05, 0.1) is 11.8 Å². The van der Waals surface area contributed by atoms with Gasteiger partial charge < -0.3 is 24.7 Å². The van der Waals surface area contributed by atoms with Gasteiger partial charge in [-0.2, -0.15) is 0 Å². The first-order chi connectivity index (χ1) is 17.8. The van der Waals surface area contributed by atoms with Crippen LogP contribution >= 0.6 is 0 Å². The summed E-state index contributed by atoms with van der Waals surface area (Å²) in [5, 5.41) is 0. The van der Waals surface area contributed by atoms with Crippen molar-refractivity contribution in [2.75, 3.05) is 0 Å². The Morgan fingerprint density at radius 2 is 1.26 bits per heavy atom. The SMILES string of the molecule is CCC(C)CC(=O)O[C@@H](C)[C@H](C)OC(=O)[C@@H](N)Cc1ccc(OC(=O)C(C)CC)c(OC(=O)C(C)CC)c1. The Kier molecular flexibility index (Phi) is 14.0. The third-order valence-electron chi connectivity index (χ3n) is 6.71. The van der Waals surface area contributed by atoms with Crippen molar-refractivity contribution >= 4 is 23.9 Å². The molecule has 1 rings (SSSR count). The van der Waals surface area contributed by atoms with Crippen LogP contribution in [0.5, 0.6) is 11.5 Å². The van der Waals surface area contributed by atoms with Gasteiger partial charge in [0.2, 0.25) is 0 Å². The van der Waals surface area contributed by atoms with Gasteiger partial charge in [0.1, 0.15) is 18.2 Å². The van der Waals surface area contributed by atoms with Gasteiger partial charge in [-0.15, -0.1) is 0 Å². The summed E-state index contributed by atoms with van der Waals surface area (Å²) in [7, 11) is 0. The molecular formula is C29H45NO8. The number of hydrogen-bond donors (Lipinski definition) is 1. The standard InChI is InChI=1S/C29H45NO8/c1-9-17(4)14-26(31)35-20(7)21(8)36-29(34)23(30)15-22-12-13-24(37-27(32)18(5)10-2)25(16-22)38-28(33)19(6)11-3/h12-13,16-21,23H,9-11,14-15,30H2,1-8H3/t17?,18?,19?,20-,21-,23-/m0/s1. The van der Waals surface area contributed by atoms with Gasteiger partial charge in [-0.3, -0.25) is 19.2 Å². The molecule has 0 saturated carbocycles. The van der Waals surface area contributed by atoms with Gasteiger partial charge >= 0.3 is 23.9 Å². The second-order valence-electron chi connectivity index (χ2n) is 10.1. The maximum atomic E-state index is 12.6. The fourth-order valence-corrected chi connectivity index (χ4v) is 3.08. The minimum absolute atomic E-state index is 0.0835. The van der Waals surface area contributed by atoms with E-state index in [1.165, 1.54) is 12.1 Å². The maximum absolute atomic E-state index is 12.6. The Morgan fingerprint density at radius 1 is 0.737 bits per heavy atom. The van der Waals surface area contributed by atoms with Crippen molar-refractivity contribution in [1.29, 1.82) is 0 Å². The third-order valence-corrected chi connectivity index (χ3v) is 6.71. The summed E-state index contributed by atoms with van der Waals surface area (Å²) >= 11 is 0. The number of rotatable bonds is 15. The van der Waals surface area contributed by atoms with E-state index in [9.17, 15) is 19.2 Å². The van der Waals surface area contributed by atoms with Crippen LogP contribution in [0.1, 0.15) is 86.6 Å². The molecule has 0 aliphatic rings. The first-order valence-electron chi connectivity index (χ1n) is 13.5. The van der Waals surface area contributed by atoms with E-state index in [-0.39, 0.29) is 41.6 Å². The molecular weight excluding hydrogens is 490 g/mol. The van der Waals surface area contributed by atoms with Crippen molar-refractivity contribution in [2.24, 2.45) is 23.5 Å². The molecule has 1 aromatic carbocycles. The summed E-state index contributed by atoms with van der Waals surface area (Å²) in [4.78, 5) is 49.5. The molecule has 2 N–H and O–H groups in total. The summed E-state index contributed by atoms with van der Waals surface area (Å²) in [6.07, 6.45) is 1.11. The lowest BCUT2D eigenvalue weighted by Gasteiger charge is -2.23. The molecule has 0 spiro atoms. The molecule has 1 aromatic rings. The molecule has 0 radical (unpaired) electrons. The number of esters is 4. The average molecular weight is 536 g/mol. The number of nitrogens with two attached hydrogens (primary N) is 1. The number of hydrogen-bond acceptors (Lipinski definition) is 9. The second kappa shape index (κ2) is 16.1. The number of benzene rings is 1. The molecule has 0 aliphatic heterocycles. The first-order valence-corrected chi connectivity index (χ1v) is 13.5. The zero-order valence-electron chi connectivity index (χ0n) is 24.1. The van der Waals surface area contributed by atoms with Crippen LogP contribution in [0.3, 0.4) is 0 Å². The Balaban J connectivity index is 2.93. The van der Waals surface area contributed by atoms with E-state index >= 15 is 0 Å². The smallest absolute Gasteiger partial charge is 0.323 e. The van der Waals surface area contributed by atoms with Gasteiger partial charge in [0.25, 0.3) is 0 Å². The van der Waals surface area contributed by atoms with E-state index in [1.54, 1.807) is 33.8 Å². The van der Waals surface area contributed by atoms with Crippen LogP contribution in [0.2, 0.25) is 0 Å². The molecule has 9 heteroatoms. The highest BCUT2D eigenvalue weighted by Crippen LogP contribution is 2.31. The summed E-state index contributed by atoms with van der Waals surface area (Å²) in [5.41, 5.74) is 6.69. The quantitative estimate of drug-likeness (QED) is 0.249. The van der Waals surface area contributed by atoms with E-state index in [1.807, 2.05) is 27.7 Å². The monoisotopic (exact) mass is 535 g/mol. The molecule has 0 amide bonds. The van der Waals surface area contributed by atoms with E-state index in [4.69, 9.17) is 24.7 Å². The highest BCUT2D eigenvalue weighted by Gasteiger charge is 2.26. The van der Waals surface area contributed by atoms with Crippen molar-refractivity contribution in [3.63, 3.8) is 0 Å². The summed E-state index contributed by atoms with van der Waals surface area (Å²) in [6.45, 7) is 14.5. The number of carbonyl (C=O) groups excluding carboxylic acids is 4. The van der Waals surface area contributed by atoms with Crippen molar-refractivity contribution in [2.45, 2.75) is 106 Å². The average Bonchev–Trinajstić information content (AvgIpc) is 2.88. The maximum Gasteiger partial charge on any atom is 0.323 e. The second-order valence-corrected chi connectivity index (χ2v) is 10.1. The van der Waals surface area contributed by atoms with Crippen molar-refractivity contribution < 1.29 is 38.1 Å². The van der Waals surface area contributed by atoms with E-state index in [0.717, 1.165) is 6.42 Å². The normalized spacial score (nSPS) is 15.8. The summed E-state index contributed by atoms with van der Waals surface area (Å²) < 4.78 is 21.8. The predicted molar refractivity (Wildman–Crippen MR) is 143 cm³/mol. The predicted octanol–water partition coefficient (Wildman–Crippen LogP) is 4.76. The van der Waals surface area contributed by atoms with E-state index in [0.29, 0.717) is 24.8 Å². The lowest BCUT2D eigenvalue weighted by atomic mass is 10.1. The van der Waals surface area contributed by atoms with E-state index < -0.39 is 36.2 Å². The topological polar surface area (TPSA) is 131 Å². The van der Waals surface area contributed by atoms with Crippen LogP contribution in [-0.2, 0) is 35.1 Å². The fraction of sp³-hybridized carbons (Fsp3) is 0.655. The molecule has 0 heterocycles. The Bertz CT molecular complexity index is 947. The van der Waals surface area contributed by atoms with Crippen molar-refractivity contribution in [1.82, 2.24) is 0 Å². The molecule has 6 atom stereocenters. The van der Waals surface area contributed by atoms with Gasteiger partial charge in [0.15, 0.2) is 11.5 Å². The van der Waals surface area contributed by atoms with Crippen LogP contribution < -0.4 is 15.2 Å². The molecule has 0 bridgehead atoms. The van der Waals surface area contributed by atoms with Gasteiger partial charge in [-0.1, -0.05) is 54.0 Å². The first kappa shape index (κ1) is 33.1. The molecule has 3 unspecified atom stereocenters. The van der Waals surface area contributed by atoms with Crippen molar-refractivity contribution in [3.05, 3.63) is 23.8 Å². The Hall–Kier alpha value is -2.94. The minimum Gasteiger partial charge on any atom is -0.459 e. The molecule has 9 nitrogen and oxygen atoms in total. The van der Waals surface area contributed by atoms with Crippen LogP contribution in [0.4, 0.5) is 0 Å². The lowest BCUT2D eigenvalue weighted by molar-refractivity contribution is -0.166. The Morgan fingerprint density at radius 3 is 1.79 bits per heavy atom. The van der Waals surface area contributed by atoms with Gasteiger partial charge in [0, 0.05) is 6.42 Å². The molecule has 0 fully saturated rings. The zero-order valence-corrected chi connectivity index (χ0v) is 24.1. The molecule has 38 heavy (non-hydrogen) atoms. The third kappa shape index (κ3) is 10.8. The highest BCUT2D eigenvalue weighted by atomic mass is 16.6. The van der Waals surface area contributed by atoms with Crippen LogP contribution in [0.15, 0.2) is 18.2 Å². The molecule has 214 valence electrons. The Labute approximate surface area is 226 Å². The zero-order chi connectivity index (χ0) is 29.0. The minimum atomic E-state index is -1.02. The number of ether oxygens (including phenoxy) is 4. The lowest BCUT2D eigenvalue weighted by Crippen LogP contribution is -2.39. The van der Waals surface area contributed by atoms with Crippen molar-refractivity contribution in [3.8, 4) is 11.5 Å².